The number of rotatable bonds is 6. The first-order chi connectivity index (χ1) is 14.6. The number of benzene rings is 2. The van der Waals surface area contributed by atoms with Crippen LogP contribution in [0.4, 0.5) is 0 Å². The van der Waals surface area contributed by atoms with E-state index in [9.17, 15) is 9.59 Å². The number of aromatic nitrogens is 2. The zero-order valence-electron chi connectivity index (χ0n) is 17.4. The van der Waals surface area contributed by atoms with Crippen molar-refractivity contribution in [1.82, 2.24) is 14.9 Å². The van der Waals surface area contributed by atoms with Crippen molar-refractivity contribution in [3.8, 4) is 0 Å². The van der Waals surface area contributed by atoms with Gasteiger partial charge in [-0.1, -0.05) is 55.1 Å². The molecule has 30 heavy (non-hydrogen) atoms. The van der Waals surface area contributed by atoms with Crippen LogP contribution in [0.1, 0.15) is 56.3 Å². The van der Waals surface area contributed by atoms with Crippen LogP contribution >= 0.6 is 11.8 Å². The Morgan fingerprint density at radius 3 is 2.83 bits per heavy atom. The fourth-order valence-electron chi connectivity index (χ4n) is 4.07. The molecule has 0 saturated carbocycles. The highest BCUT2D eigenvalue weighted by molar-refractivity contribution is 7.99. The second-order valence-corrected chi connectivity index (χ2v) is 8.79. The van der Waals surface area contributed by atoms with Crippen molar-refractivity contribution in [2.24, 2.45) is 0 Å². The number of hydrogen-bond donors (Lipinski definition) is 1. The molecule has 0 fully saturated rings. The number of fused-ring (bicyclic) bond motifs is 2. The summed E-state index contributed by atoms with van der Waals surface area (Å²) in [6.07, 6.45) is 3.92. The number of hydrogen-bond acceptors (Lipinski definition) is 4. The molecule has 156 valence electrons. The molecule has 1 N–H and O–H groups in total. The number of amides is 1. The van der Waals surface area contributed by atoms with Crippen molar-refractivity contribution in [2.75, 3.05) is 5.75 Å². The molecule has 2 atom stereocenters. The van der Waals surface area contributed by atoms with Crippen LogP contribution in [0.5, 0.6) is 0 Å². The molecule has 2 aromatic carbocycles. The number of nitrogens with zero attached hydrogens (tertiary/aromatic N) is 2. The minimum absolute atomic E-state index is 0.0189. The molecule has 6 heteroatoms. The summed E-state index contributed by atoms with van der Waals surface area (Å²) in [5, 5.41) is 4.40. The molecular weight excluding hydrogens is 394 g/mol. The zero-order chi connectivity index (χ0) is 21.1. The minimum Gasteiger partial charge on any atom is -0.349 e. The molecule has 5 nitrogen and oxygen atoms in total. The Bertz CT molecular complexity index is 1120. The van der Waals surface area contributed by atoms with Gasteiger partial charge in [0.15, 0.2) is 5.16 Å². The van der Waals surface area contributed by atoms with Crippen LogP contribution in [-0.2, 0) is 11.2 Å². The lowest BCUT2D eigenvalue weighted by Crippen LogP contribution is -2.32. The summed E-state index contributed by atoms with van der Waals surface area (Å²) in [6, 6.07) is 15.8. The summed E-state index contributed by atoms with van der Waals surface area (Å²) < 4.78 is 1.73. The molecule has 0 radical (unpaired) electrons. The molecular formula is C24H27N3O2S. The Hall–Kier alpha value is -2.60. The standard InChI is InChI=1S/C24H27N3O2S/c1-3-16(2)27-23(29)19-12-6-7-13-21(19)26-24(27)30-15-22(28)25-20-14-8-10-17-9-4-5-11-18(17)20/h4-7,9,11-13,16,20H,3,8,10,14-15H2,1-2H3,(H,25,28)/t16-,20+/m0/s1. The Balaban J connectivity index is 1.54. The molecule has 0 saturated heterocycles. The Labute approximate surface area is 180 Å². The van der Waals surface area contributed by atoms with E-state index in [1.54, 1.807) is 4.57 Å². The lowest BCUT2D eigenvalue weighted by Gasteiger charge is -2.26. The molecule has 1 amide bonds. The van der Waals surface area contributed by atoms with Gasteiger partial charge in [0.05, 0.1) is 22.7 Å². The van der Waals surface area contributed by atoms with Gasteiger partial charge in [-0.25, -0.2) is 4.98 Å². The number of carbonyl (C=O) groups is 1. The van der Waals surface area contributed by atoms with E-state index >= 15 is 0 Å². The molecule has 0 bridgehead atoms. The second-order valence-electron chi connectivity index (χ2n) is 7.84. The Morgan fingerprint density at radius 2 is 2.00 bits per heavy atom. The summed E-state index contributed by atoms with van der Waals surface area (Å²) in [7, 11) is 0. The third kappa shape index (κ3) is 4.15. The van der Waals surface area contributed by atoms with E-state index in [1.165, 1.54) is 22.9 Å². The summed E-state index contributed by atoms with van der Waals surface area (Å²) in [5.41, 5.74) is 3.18. The fourth-order valence-corrected chi connectivity index (χ4v) is 4.98. The summed E-state index contributed by atoms with van der Waals surface area (Å²) >= 11 is 1.34. The van der Waals surface area contributed by atoms with Crippen LogP contribution in [0.2, 0.25) is 0 Å². The van der Waals surface area contributed by atoms with Gasteiger partial charge in [0.2, 0.25) is 5.91 Å². The van der Waals surface area contributed by atoms with Gasteiger partial charge in [-0.2, -0.15) is 0 Å². The van der Waals surface area contributed by atoms with Gasteiger partial charge >= 0.3 is 0 Å². The number of para-hydroxylation sites is 1. The van der Waals surface area contributed by atoms with Crippen molar-refractivity contribution in [1.29, 1.82) is 0 Å². The fraction of sp³-hybridized carbons (Fsp3) is 0.375. The molecule has 4 rings (SSSR count). The first kappa shape index (κ1) is 20.7. The third-order valence-electron chi connectivity index (χ3n) is 5.84. The normalized spacial score (nSPS) is 16.8. The molecule has 1 heterocycles. The highest BCUT2D eigenvalue weighted by Gasteiger charge is 2.22. The molecule has 0 unspecified atom stereocenters. The maximum Gasteiger partial charge on any atom is 0.262 e. The van der Waals surface area contributed by atoms with Crippen LogP contribution in [0.25, 0.3) is 10.9 Å². The van der Waals surface area contributed by atoms with Crippen molar-refractivity contribution in [3.63, 3.8) is 0 Å². The predicted octanol–water partition coefficient (Wildman–Crippen LogP) is 4.65. The summed E-state index contributed by atoms with van der Waals surface area (Å²) in [5.74, 6) is 0.208. The van der Waals surface area contributed by atoms with Gasteiger partial charge in [-0.05, 0) is 55.9 Å². The molecule has 1 aromatic heterocycles. The summed E-state index contributed by atoms with van der Waals surface area (Å²) in [4.78, 5) is 30.5. The smallest absolute Gasteiger partial charge is 0.262 e. The lowest BCUT2D eigenvalue weighted by atomic mass is 9.88. The minimum atomic E-state index is -0.0425. The predicted molar refractivity (Wildman–Crippen MR) is 122 cm³/mol. The van der Waals surface area contributed by atoms with Crippen LogP contribution < -0.4 is 10.9 Å². The number of thioether (sulfide) groups is 1. The van der Waals surface area contributed by atoms with Gasteiger partial charge in [0.1, 0.15) is 0 Å². The van der Waals surface area contributed by atoms with Gasteiger partial charge in [0, 0.05) is 6.04 Å². The molecule has 1 aliphatic rings. The van der Waals surface area contributed by atoms with Gasteiger partial charge in [0.25, 0.3) is 5.56 Å². The lowest BCUT2D eigenvalue weighted by molar-refractivity contribution is -0.119. The Morgan fingerprint density at radius 1 is 1.23 bits per heavy atom. The van der Waals surface area contributed by atoms with Gasteiger partial charge < -0.3 is 5.32 Å². The van der Waals surface area contributed by atoms with E-state index in [0.717, 1.165) is 25.7 Å². The van der Waals surface area contributed by atoms with E-state index in [4.69, 9.17) is 4.98 Å². The van der Waals surface area contributed by atoms with Crippen molar-refractivity contribution < 1.29 is 4.79 Å². The average Bonchev–Trinajstić information content (AvgIpc) is 2.77. The van der Waals surface area contributed by atoms with Crippen molar-refractivity contribution in [2.45, 2.75) is 56.8 Å². The van der Waals surface area contributed by atoms with Gasteiger partial charge in [-0.3, -0.25) is 14.2 Å². The van der Waals surface area contributed by atoms with Crippen LogP contribution in [0.15, 0.2) is 58.5 Å². The van der Waals surface area contributed by atoms with E-state index in [-0.39, 0.29) is 29.3 Å². The third-order valence-corrected chi connectivity index (χ3v) is 6.80. The topological polar surface area (TPSA) is 64.0 Å². The molecule has 0 aliphatic heterocycles. The molecule has 0 spiro atoms. The maximum atomic E-state index is 13.1. The second kappa shape index (κ2) is 9.04. The van der Waals surface area contributed by atoms with Crippen LogP contribution in [-0.4, -0.2) is 21.2 Å². The average molecular weight is 422 g/mol. The van der Waals surface area contributed by atoms with E-state index in [1.807, 2.05) is 44.2 Å². The zero-order valence-corrected chi connectivity index (χ0v) is 18.2. The number of nitrogens with one attached hydrogen (secondary N) is 1. The highest BCUT2D eigenvalue weighted by Crippen LogP contribution is 2.30. The first-order valence-corrected chi connectivity index (χ1v) is 11.6. The molecule has 3 aromatic rings. The van der Waals surface area contributed by atoms with Crippen LogP contribution in [0.3, 0.4) is 0 Å². The maximum absolute atomic E-state index is 13.1. The largest absolute Gasteiger partial charge is 0.349 e. The Kier molecular flexibility index (Phi) is 6.23. The quantitative estimate of drug-likeness (QED) is 0.465. The van der Waals surface area contributed by atoms with Crippen molar-refractivity contribution in [3.05, 3.63) is 70.0 Å². The van der Waals surface area contributed by atoms with Gasteiger partial charge in [-0.15, -0.1) is 0 Å². The number of aryl methyl sites for hydroxylation is 1. The van der Waals surface area contributed by atoms with E-state index in [0.29, 0.717) is 16.1 Å². The van der Waals surface area contributed by atoms with E-state index < -0.39 is 0 Å². The SMILES string of the molecule is CC[C@H](C)n1c(SCC(=O)N[C@@H]2CCCc3ccccc32)nc2ccccc2c1=O. The molecule has 1 aliphatic carbocycles. The number of carbonyl (C=O) groups excluding carboxylic acids is 1. The van der Waals surface area contributed by atoms with Crippen molar-refractivity contribution >= 4 is 28.6 Å². The van der Waals surface area contributed by atoms with Crippen LogP contribution in [0, 0.1) is 0 Å². The summed E-state index contributed by atoms with van der Waals surface area (Å²) in [6.45, 7) is 4.06. The first-order valence-electron chi connectivity index (χ1n) is 10.6. The highest BCUT2D eigenvalue weighted by atomic mass is 32.2. The monoisotopic (exact) mass is 421 g/mol. The van der Waals surface area contributed by atoms with E-state index in [2.05, 4.69) is 23.5 Å².